The summed E-state index contributed by atoms with van der Waals surface area (Å²) in [6, 6.07) is 6.37. The van der Waals surface area contributed by atoms with E-state index in [2.05, 4.69) is 41.7 Å². The quantitative estimate of drug-likeness (QED) is 0.890. The molecule has 90 valence electrons. The van der Waals surface area contributed by atoms with Crippen LogP contribution in [0.3, 0.4) is 0 Å². The third kappa shape index (κ3) is 3.22. The van der Waals surface area contributed by atoms with E-state index in [4.69, 9.17) is 0 Å². The molecule has 0 amide bonds. The maximum Gasteiger partial charge on any atom is 0.134 e. The third-order valence-corrected chi connectivity index (χ3v) is 3.70. The van der Waals surface area contributed by atoms with Crippen LogP contribution in [0.1, 0.15) is 32.3 Å². The molecule has 2 nitrogen and oxygen atoms in total. The molecule has 0 aromatic heterocycles. The Labute approximate surface area is 106 Å². The van der Waals surface area contributed by atoms with Gasteiger partial charge >= 0.3 is 0 Å². The number of phenolic OH excluding ortho intramolecular Hbond substituents is 1. The van der Waals surface area contributed by atoms with E-state index >= 15 is 0 Å². The number of nitrogens with zero attached hydrogens (tertiary/aromatic N) is 1. The Hall–Kier alpha value is -0.540. The molecule has 0 saturated carbocycles. The molecule has 16 heavy (non-hydrogen) atoms. The minimum atomic E-state index is 0.361. The van der Waals surface area contributed by atoms with Gasteiger partial charge in [-0.1, -0.05) is 26.0 Å². The summed E-state index contributed by atoms with van der Waals surface area (Å²) in [7, 11) is 2.11. The lowest BCUT2D eigenvalue weighted by Gasteiger charge is -2.26. The minimum Gasteiger partial charge on any atom is -0.506 e. The Kier molecular flexibility index (Phi) is 5.29. The van der Waals surface area contributed by atoms with Gasteiger partial charge in [0.25, 0.3) is 0 Å². The molecule has 0 spiro atoms. The van der Waals surface area contributed by atoms with E-state index in [1.165, 1.54) is 0 Å². The van der Waals surface area contributed by atoms with E-state index in [9.17, 15) is 5.11 Å². The second kappa shape index (κ2) is 6.26. The van der Waals surface area contributed by atoms with Crippen LogP contribution in [0, 0.1) is 0 Å². The van der Waals surface area contributed by atoms with E-state index in [1.54, 1.807) is 0 Å². The highest BCUT2D eigenvalue weighted by molar-refractivity contribution is 9.10. The van der Waals surface area contributed by atoms with E-state index in [1.807, 2.05) is 18.2 Å². The Balaban J connectivity index is 2.76. The third-order valence-electron chi connectivity index (χ3n) is 3.06. The molecule has 0 aliphatic carbocycles. The van der Waals surface area contributed by atoms with Crippen LogP contribution in [0.25, 0.3) is 0 Å². The number of hydrogen-bond donors (Lipinski definition) is 1. The Morgan fingerprint density at radius 3 is 2.50 bits per heavy atom. The van der Waals surface area contributed by atoms with Gasteiger partial charge in [0.2, 0.25) is 0 Å². The van der Waals surface area contributed by atoms with Gasteiger partial charge < -0.3 is 5.11 Å². The fourth-order valence-electron chi connectivity index (χ4n) is 2.00. The maximum absolute atomic E-state index is 9.90. The van der Waals surface area contributed by atoms with Crippen molar-refractivity contribution in [3.05, 3.63) is 28.2 Å². The smallest absolute Gasteiger partial charge is 0.134 e. The molecule has 0 fully saturated rings. The number of rotatable bonds is 5. The first kappa shape index (κ1) is 13.5. The number of hydrogen-bond acceptors (Lipinski definition) is 2. The SMILES string of the molecule is CCC(CC)N(C)Cc1cccc(Br)c1O. The largest absolute Gasteiger partial charge is 0.506 e. The zero-order valence-corrected chi connectivity index (χ0v) is 11.8. The van der Waals surface area contributed by atoms with Gasteiger partial charge in [-0.05, 0) is 41.9 Å². The van der Waals surface area contributed by atoms with Crippen molar-refractivity contribution in [1.29, 1.82) is 0 Å². The summed E-state index contributed by atoms with van der Waals surface area (Å²) in [4.78, 5) is 2.29. The van der Waals surface area contributed by atoms with Gasteiger partial charge in [0.05, 0.1) is 4.47 Å². The monoisotopic (exact) mass is 285 g/mol. The van der Waals surface area contributed by atoms with Gasteiger partial charge in [-0.2, -0.15) is 0 Å². The molecule has 0 atom stereocenters. The van der Waals surface area contributed by atoms with E-state index in [0.717, 1.165) is 29.4 Å². The van der Waals surface area contributed by atoms with Gasteiger partial charge in [-0.3, -0.25) is 4.90 Å². The predicted octanol–water partition coefficient (Wildman–Crippen LogP) is 3.78. The number of benzene rings is 1. The van der Waals surface area contributed by atoms with Crippen molar-refractivity contribution in [1.82, 2.24) is 4.90 Å². The average molecular weight is 286 g/mol. The van der Waals surface area contributed by atoms with Crippen molar-refractivity contribution < 1.29 is 5.11 Å². The Bertz CT molecular complexity index is 337. The van der Waals surface area contributed by atoms with Crippen molar-refractivity contribution in [3.8, 4) is 5.75 Å². The molecule has 0 saturated heterocycles. The first-order valence-electron chi connectivity index (χ1n) is 5.76. The molecule has 0 bridgehead atoms. The average Bonchev–Trinajstić information content (AvgIpc) is 2.26. The molecule has 0 unspecified atom stereocenters. The van der Waals surface area contributed by atoms with Crippen LogP contribution in [-0.4, -0.2) is 23.1 Å². The van der Waals surface area contributed by atoms with Crippen molar-refractivity contribution in [2.45, 2.75) is 39.3 Å². The summed E-state index contributed by atoms with van der Waals surface area (Å²) in [6.45, 7) is 5.19. The van der Waals surface area contributed by atoms with Crippen LogP contribution < -0.4 is 0 Å². The van der Waals surface area contributed by atoms with Crippen molar-refractivity contribution in [3.63, 3.8) is 0 Å². The van der Waals surface area contributed by atoms with Crippen LogP contribution in [-0.2, 0) is 6.54 Å². The predicted molar refractivity (Wildman–Crippen MR) is 71.6 cm³/mol. The summed E-state index contributed by atoms with van der Waals surface area (Å²) in [5, 5.41) is 9.90. The first-order valence-corrected chi connectivity index (χ1v) is 6.56. The molecule has 0 radical (unpaired) electrons. The number of phenols is 1. The van der Waals surface area contributed by atoms with Crippen LogP contribution in [0.2, 0.25) is 0 Å². The fourth-order valence-corrected chi connectivity index (χ4v) is 2.40. The molecule has 3 heteroatoms. The topological polar surface area (TPSA) is 23.5 Å². The number of halogens is 1. The van der Waals surface area contributed by atoms with Crippen molar-refractivity contribution in [2.24, 2.45) is 0 Å². The number of para-hydroxylation sites is 1. The lowest BCUT2D eigenvalue weighted by Crippen LogP contribution is -2.29. The molecule has 0 aliphatic rings. The summed E-state index contributed by atoms with van der Waals surface area (Å²) in [5.74, 6) is 0.361. The highest BCUT2D eigenvalue weighted by Crippen LogP contribution is 2.28. The number of aromatic hydroxyl groups is 1. The Morgan fingerprint density at radius 2 is 1.94 bits per heavy atom. The van der Waals surface area contributed by atoms with Crippen LogP contribution in [0.15, 0.2) is 22.7 Å². The van der Waals surface area contributed by atoms with Crippen molar-refractivity contribution >= 4 is 15.9 Å². The summed E-state index contributed by atoms with van der Waals surface area (Å²) in [6.07, 6.45) is 2.28. The second-order valence-electron chi connectivity index (χ2n) is 4.13. The highest BCUT2D eigenvalue weighted by Gasteiger charge is 2.13. The standard InChI is InChI=1S/C13H20BrNO/c1-4-11(5-2)15(3)9-10-7-6-8-12(14)13(10)16/h6-8,11,16H,4-5,9H2,1-3H3. The lowest BCUT2D eigenvalue weighted by molar-refractivity contribution is 0.219. The van der Waals surface area contributed by atoms with Gasteiger partial charge in [-0.15, -0.1) is 0 Å². The summed E-state index contributed by atoms with van der Waals surface area (Å²) >= 11 is 3.34. The molecule has 1 aromatic carbocycles. The molecule has 1 rings (SSSR count). The summed E-state index contributed by atoms with van der Waals surface area (Å²) in [5.41, 5.74) is 0.976. The van der Waals surface area contributed by atoms with Gasteiger partial charge in [0, 0.05) is 18.2 Å². The fraction of sp³-hybridized carbons (Fsp3) is 0.538. The Morgan fingerprint density at radius 1 is 1.31 bits per heavy atom. The lowest BCUT2D eigenvalue weighted by atomic mass is 10.1. The van der Waals surface area contributed by atoms with Crippen LogP contribution >= 0.6 is 15.9 Å². The molecule has 0 heterocycles. The van der Waals surface area contributed by atoms with E-state index in [0.29, 0.717) is 11.8 Å². The van der Waals surface area contributed by atoms with Gasteiger partial charge in [0.1, 0.15) is 5.75 Å². The minimum absolute atomic E-state index is 0.361. The van der Waals surface area contributed by atoms with E-state index in [-0.39, 0.29) is 0 Å². The van der Waals surface area contributed by atoms with E-state index < -0.39 is 0 Å². The maximum atomic E-state index is 9.90. The molecule has 1 aromatic rings. The summed E-state index contributed by atoms with van der Waals surface area (Å²) < 4.78 is 0.767. The highest BCUT2D eigenvalue weighted by atomic mass is 79.9. The molecular weight excluding hydrogens is 266 g/mol. The van der Waals surface area contributed by atoms with Crippen LogP contribution in [0.5, 0.6) is 5.75 Å². The zero-order valence-electron chi connectivity index (χ0n) is 10.2. The second-order valence-corrected chi connectivity index (χ2v) is 4.99. The molecule has 0 aliphatic heterocycles. The zero-order chi connectivity index (χ0) is 12.1. The van der Waals surface area contributed by atoms with Gasteiger partial charge in [0.15, 0.2) is 0 Å². The normalized spacial score (nSPS) is 11.4. The first-order chi connectivity index (χ1) is 7.60. The van der Waals surface area contributed by atoms with Crippen molar-refractivity contribution in [2.75, 3.05) is 7.05 Å². The van der Waals surface area contributed by atoms with Gasteiger partial charge in [-0.25, -0.2) is 0 Å². The van der Waals surface area contributed by atoms with Crippen LogP contribution in [0.4, 0.5) is 0 Å². The molecular formula is C13H20BrNO. The molecule has 1 N–H and O–H groups in total.